The highest BCUT2D eigenvalue weighted by Crippen LogP contribution is 2.58. The molecule has 0 spiro atoms. The summed E-state index contributed by atoms with van der Waals surface area (Å²) in [6, 6.07) is 7.59. The van der Waals surface area contributed by atoms with Gasteiger partial charge < -0.3 is 34.3 Å². The summed E-state index contributed by atoms with van der Waals surface area (Å²) in [6.07, 6.45) is -8.00. The van der Waals surface area contributed by atoms with Gasteiger partial charge in [-0.15, -0.1) is 0 Å². The van der Waals surface area contributed by atoms with Crippen LogP contribution in [0.5, 0.6) is 0 Å². The van der Waals surface area contributed by atoms with Crippen LogP contribution in [-0.2, 0) is 38.2 Å². The van der Waals surface area contributed by atoms with Gasteiger partial charge in [0, 0.05) is 32.1 Å². The van der Waals surface area contributed by atoms with Gasteiger partial charge in [0.15, 0.2) is 17.7 Å². The van der Waals surface area contributed by atoms with Crippen LogP contribution in [0.25, 0.3) is 0 Å². The molecule has 2 aliphatic rings. The maximum absolute atomic E-state index is 14.6. The molecular formula is C31H38O12. The summed E-state index contributed by atoms with van der Waals surface area (Å²) in [7, 11) is 0. The van der Waals surface area contributed by atoms with E-state index in [1.165, 1.54) is 32.9 Å². The summed E-state index contributed by atoms with van der Waals surface area (Å²) >= 11 is 0. The second-order valence-electron chi connectivity index (χ2n) is 11.8. The minimum atomic E-state index is -2.36. The zero-order valence-electron chi connectivity index (χ0n) is 25.0. The minimum Gasteiger partial charge on any atom is -0.458 e. The molecule has 2 aliphatic carbocycles. The SMILES string of the molecule is CC(=O)OCC(=O)[C@H]1[C@H](OC(=O)c2ccccc2)[C@]2(O)C[C@H](O)C(C)=C([C@@H](OC(C)=O)C(=O)[C@]1(C)[C@@H](O)CC=O)C2(C)C. The molecule has 3 rings (SSSR count). The van der Waals surface area contributed by atoms with Crippen molar-refractivity contribution in [3.8, 4) is 0 Å². The number of hydrogen-bond donors (Lipinski definition) is 3. The number of hydrogen-bond acceptors (Lipinski definition) is 12. The number of esters is 3. The van der Waals surface area contributed by atoms with Crippen molar-refractivity contribution in [2.75, 3.05) is 6.61 Å². The number of aliphatic hydroxyl groups is 3. The fraction of sp³-hybridized carbons (Fsp3) is 0.548. The molecule has 0 amide bonds. The quantitative estimate of drug-likeness (QED) is 0.159. The van der Waals surface area contributed by atoms with Crippen LogP contribution in [0.3, 0.4) is 0 Å². The highest BCUT2D eigenvalue weighted by atomic mass is 16.6. The third-order valence-electron chi connectivity index (χ3n) is 8.94. The Labute approximate surface area is 249 Å². The van der Waals surface area contributed by atoms with E-state index in [9.17, 15) is 44.1 Å². The molecule has 1 fully saturated rings. The topological polar surface area (TPSA) is 191 Å². The number of carbonyl (C=O) groups is 6. The average molecular weight is 603 g/mol. The predicted octanol–water partition coefficient (Wildman–Crippen LogP) is 1.27. The molecule has 2 bridgehead atoms. The predicted molar refractivity (Wildman–Crippen MR) is 148 cm³/mol. The van der Waals surface area contributed by atoms with Crippen molar-refractivity contribution in [3.63, 3.8) is 0 Å². The van der Waals surface area contributed by atoms with Gasteiger partial charge in [0.1, 0.15) is 24.6 Å². The third-order valence-corrected chi connectivity index (χ3v) is 8.94. The lowest BCUT2D eigenvalue weighted by molar-refractivity contribution is -0.215. The Hall–Kier alpha value is -3.74. The number of aldehydes is 1. The Morgan fingerprint density at radius 2 is 1.65 bits per heavy atom. The monoisotopic (exact) mass is 602 g/mol. The molecule has 1 aromatic rings. The second kappa shape index (κ2) is 12.5. The molecule has 234 valence electrons. The van der Waals surface area contributed by atoms with Crippen LogP contribution in [0, 0.1) is 16.7 Å². The van der Waals surface area contributed by atoms with Crippen molar-refractivity contribution >= 4 is 35.8 Å². The van der Waals surface area contributed by atoms with Gasteiger partial charge in [-0.25, -0.2) is 4.79 Å². The molecule has 0 aromatic heterocycles. The molecule has 0 heterocycles. The van der Waals surface area contributed by atoms with Gasteiger partial charge in [0.2, 0.25) is 0 Å². The number of ketones is 2. The molecule has 12 heteroatoms. The first-order valence-electron chi connectivity index (χ1n) is 13.8. The van der Waals surface area contributed by atoms with Crippen LogP contribution in [0.2, 0.25) is 0 Å². The molecule has 1 saturated carbocycles. The van der Waals surface area contributed by atoms with Crippen molar-refractivity contribution in [2.45, 2.75) is 84.4 Å². The molecular weight excluding hydrogens is 564 g/mol. The van der Waals surface area contributed by atoms with Gasteiger partial charge >= 0.3 is 17.9 Å². The second-order valence-corrected chi connectivity index (χ2v) is 11.8. The lowest BCUT2D eigenvalue weighted by Crippen LogP contribution is -2.71. The van der Waals surface area contributed by atoms with Gasteiger partial charge in [0.05, 0.1) is 29.1 Å². The van der Waals surface area contributed by atoms with E-state index in [0.29, 0.717) is 6.29 Å². The third kappa shape index (κ3) is 5.91. The highest BCUT2D eigenvalue weighted by Gasteiger charge is 2.69. The van der Waals surface area contributed by atoms with Crippen LogP contribution in [0.1, 0.15) is 64.7 Å². The molecule has 7 atom stereocenters. The molecule has 0 aliphatic heterocycles. The Morgan fingerprint density at radius 3 is 2.19 bits per heavy atom. The first kappa shape index (κ1) is 33.8. The molecule has 0 saturated heterocycles. The molecule has 43 heavy (non-hydrogen) atoms. The Bertz CT molecular complexity index is 1330. The smallest absolute Gasteiger partial charge is 0.338 e. The average Bonchev–Trinajstić information content (AvgIpc) is 2.93. The maximum Gasteiger partial charge on any atom is 0.338 e. The summed E-state index contributed by atoms with van der Waals surface area (Å²) in [4.78, 5) is 77.8. The number of ether oxygens (including phenoxy) is 3. The number of Topliss-reactive ketones (excluding diaryl/α,β-unsaturated/α-hetero) is 2. The zero-order chi connectivity index (χ0) is 32.5. The maximum atomic E-state index is 14.6. The van der Waals surface area contributed by atoms with Crippen molar-refractivity contribution in [2.24, 2.45) is 16.7 Å². The normalized spacial score (nSPS) is 30.8. The number of benzene rings is 1. The standard InChI is InChI=1S/C31H38O12/c1-16-20(35)14-31(40)27(43-28(39)19-10-8-7-9-11-19)24(21(36)15-41-17(2)33)30(6,22(37)12-13-32)26(38)25(42-18(3)34)23(16)29(31,4)5/h7-11,13,20,22,24-25,27,35,37,40H,12,14-15H2,1-6H3/t20-,22-,24-,25+,27-,30+,31+/m0/s1. The highest BCUT2D eigenvalue weighted by molar-refractivity contribution is 6.00. The zero-order valence-corrected chi connectivity index (χ0v) is 25.0. The van der Waals surface area contributed by atoms with E-state index in [4.69, 9.17) is 14.2 Å². The summed E-state index contributed by atoms with van der Waals surface area (Å²) in [5.74, 6) is -6.81. The van der Waals surface area contributed by atoms with Crippen molar-refractivity contribution in [1.29, 1.82) is 0 Å². The first-order valence-corrected chi connectivity index (χ1v) is 13.8. The number of carbonyl (C=O) groups excluding carboxylic acids is 6. The lowest BCUT2D eigenvalue weighted by Gasteiger charge is -2.59. The summed E-state index contributed by atoms with van der Waals surface area (Å²) in [5.41, 5.74) is -6.10. The van der Waals surface area contributed by atoms with Gasteiger partial charge in [0.25, 0.3) is 0 Å². The van der Waals surface area contributed by atoms with Crippen LogP contribution >= 0.6 is 0 Å². The Kier molecular flexibility index (Phi) is 9.79. The van der Waals surface area contributed by atoms with E-state index in [-0.39, 0.29) is 16.7 Å². The van der Waals surface area contributed by atoms with Crippen LogP contribution in [-0.4, -0.2) is 87.7 Å². The molecule has 0 unspecified atom stereocenters. The molecule has 1 aromatic carbocycles. The Balaban J connectivity index is 2.46. The van der Waals surface area contributed by atoms with Crippen LogP contribution in [0.4, 0.5) is 0 Å². The number of rotatable bonds is 9. The molecule has 0 radical (unpaired) electrons. The fourth-order valence-corrected chi connectivity index (χ4v) is 6.45. The summed E-state index contributed by atoms with van der Waals surface area (Å²) in [5, 5.41) is 35.2. The van der Waals surface area contributed by atoms with E-state index in [0.717, 1.165) is 20.8 Å². The van der Waals surface area contributed by atoms with Gasteiger partial charge in [-0.3, -0.25) is 19.2 Å². The van der Waals surface area contributed by atoms with Crippen molar-refractivity contribution in [1.82, 2.24) is 0 Å². The first-order chi connectivity index (χ1) is 19.9. The number of fused-ring (bicyclic) bond motifs is 2. The number of aliphatic hydroxyl groups excluding tert-OH is 2. The van der Waals surface area contributed by atoms with E-state index in [2.05, 4.69) is 0 Å². The van der Waals surface area contributed by atoms with Gasteiger partial charge in [-0.2, -0.15) is 0 Å². The minimum absolute atomic E-state index is 0.00915. The van der Waals surface area contributed by atoms with E-state index in [1.54, 1.807) is 18.2 Å². The molecule has 3 N–H and O–H groups in total. The van der Waals surface area contributed by atoms with E-state index in [1.807, 2.05) is 0 Å². The van der Waals surface area contributed by atoms with Crippen molar-refractivity contribution < 1.29 is 58.3 Å². The largest absolute Gasteiger partial charge is 0.458 e. The lowest BCUT2D eigenvalue weighted by atomic mass is 9.49. The van der Waals surface area contributed by atoms with E-state index >= 15 is 0 Å². The molecule has 12 nitrogen and oxygen atoms in total. The van der Waals surface area contributed by atoms with Gasteiger partial charge in [-0.1, -0.05) is 32.0 Å². The van der Waals surface area contributed by atoms with Gasteiger partial charge in [-0.05, 0) is 37.1 Å². The van der Waals surface area contributed by atoms with E-state index < -0.39 is 95.7 Å². The van der Waals surface area contributed by atoms with Crippen molar-refractivity contribution in [3.05, 3.63) is 47.0 Å². The van der Waals surface area contributed by atoms with Crippen LogP contribution < -0.4 is 0 Å². The summed E-state index contributed by atoms with van der Waals surface area (Å²) < 4.78 is 16.3. The Morgan fingerprint density at radius 1 is 1.05 bits per heavy atom. The van der Waals surface area contributed by atoms with Crippen LogP contribution in [0.15, 0.2) is 41.5 Å². The fourth-order valence-electron chi connectivity index (χ4n) is 6.45. The summed E-state index contributed by atoms with van der Waals surface area (Å²) in [6.45, 7) is 6.73.